The SMILES string of the molecule is O=C(CCC1CCCCC1)Nc1c2c(nn1-c1ccccc1)CS(=O)(=O)C2. The van der Waals surface area contributed by atoms with E-state index in [1.54, 1.807) is 4.68 Å². The van der Waals surface area contributed by atoms with Gasteiger partial charge in [0.1, 0.15) is 5.82 Å². The average molecular weight is 388 g/mol. The van der Waals surface area contributed by atoms with Gasteiger partial charge in [-0.25, -0.2) is 13.1 Å². The van der Waals surface area contributed by atoms with Crippen LogP contribution in [0.4, 0.5) is 5.82 Å². The third-order valence-electron chi connectivity index (χ3n) is 5.55. The molecule has 4 rings (SSSR count). The van der Waals surface area contributed by atoms with Gasteiger partial charge >= 0.3 is 0 Å². The van der Waals surface area contributed by atoms with Crippen molar-refractivity contribution in [3.63, 3.8) is 0 Å². The van der Waals surface area contributed by atoms with Gasteiger partial charge < -0.3 is 5.32 Å². The van der Waals surface area contributed by atoms with Crippen LogP contribution in [0.3, 0.4) is 0 Å². The summed E-state index contributed by atoms with van der Waals surface area (Å²) >= 11 is 0. The van der Waals surface area contributed by atoms with Gasteiger partial charge in [-0.1, -0.05) is 50.3 Å². The minimum absolute atomic E-state index is 0.0621. The zero-order valence-corrected chi connectivity index (χ0v) is 16.2. The molecule has 1 aromatic carbocycles. The second kappa shape index (κ2) is 7.46. The van der Waals surface area contributed by atoms with Crippen LogP contribution in [0.1, 0.15) is 56.2 Å². The van der Waals surface area contributed by atoms with E-state index in [0.717, 1.165) is 12.1 Å². The van der Waals surface area contributed by atoms with Crippen LogP contribution in [-0.2, 0) is 26.1 Å². The molecule has 0 spiro atoms. The molecular formula is C20H25N3O3S. The Hall–Kier alpha value is -2.15. The number of aromatic nitrogens is 2. The largest absolute Gasteiger partial charge is 0.310 e. The highest BCUT2D eigenvalue weighted by molar-refractivity contribution is 7.90. The lowest BCUT2D eigenvalue weighted by Crippen LogP contribution is -2.18. The Balaban J connectivity index is 1.54. The summed E-state index contributed by atoms with van der Waals surface area (Å²) in [6.07, 6.45) is 7.61. The molecule has 1 aliphatic carbocycles. The number of rotatable bonds is 5. The maximum absolute atomic E-state index is 12.6. The Labute approximate surface area is 159 Å². The van der Waals surface area contributed by atoms with Crippen LogP contribution >= 0.6 is 0 Å². The van der Waals surface area contributed by atoms with E-state index in [1.165, 1.54) is 32.1 Å². The first-order valence-electron chi connectivity index (χ1n) is 9.68. The van der Waals surface area contributed by atoms with Crippen LogP contribution in [0.25, 0.3) is 5.69 Å². The lowest BCUT2D eigenvalue weighted by Gasteiger charge is -2.21. The Morgan fingerprint density at radius 1 is 1.11 bits per heavy atom. The third-order valence-corrected chi connectivity index (χ3v) is 6.99. The van der Waals surface area contributed by atoms with Gasteiger partial charge in [0.2, 0.25) is 5.91 Å². The molecule has 1 fully saturated rings. The van der Waals surface area contributed by atoms with Crippen LogP contribution in [0.2, 0.25) is 0 Å². The average Bonchev–Trinajstić information content (AvgIpc) is 3.14. The molecule has 0 unspecified atom stereocenters. The number of sulfone groups is 1. The van der Waals surface area contributed by atoms with Gasteiger partial charge in [-0.2, -0.15) is 5.10 Å². The van der Waals surface area contributed by atoms with Gasteiger partial charge in [0.05, 0.1) is 22.9 Å². The zero-order chi connectivity index (χ0) is 18.9. The number of benzene rings is 1. The van der Waals surface area contributed by atoms with E-state index >= 15 is 0 Å². The van der Waals surface area contributed by atoms with Crippen molar-refractivity contribution in [3.05, 3.63) is 41.6 Å². The molecule has 2 aromatic rings. The summed E-state index contributed by atoms with van der Waals surface area (Å²) in [5.41, 5.74) is 1.98. The van der Waals surface area contributed by atoms with E-state index in [4.69, 9.17) is 0 Å². The second-order valence-corrected chi connectivity index (χ2v) is 9.71. The Bertz CT molecular complexity index is 929. The molecule has 0 bridgehead atoms. The molecule has 1 N–H and O–H groups in total. The molecule has 6 nitrogen and oxygen atoms in total. The van der Waals surface area contributed by atoms with Crippen molar-refractivity contribution in [2.24, 2.45) is 5.92 Å². The fourth-order valence-corrected chi connectivity index (χ4v) is 5.63. The standard InChI is InChI=1S/C20H25N3O3S/c24-19(12-11-15-7-3-1-4-8-15)21-20-17-13-27(25,26)14-18(17)22-23(20)16-9-5-2-6-10-16/h2,5-6,9-10,15H,1,3-4,7-8,11-14H2,(H,21,24). The van der Waals surface area contributed by atoms with Crippen molar-refractivity contribution in [1.29, 1.82) is 0 Å². The van der Waals surface area contributed by atoms with E-state index in [2.05, 4.69) is 10.4 Å². The molecule has 1 saturated carbocycles. The Morgan fingerprint density at radius 2 is 1.85 bits per heavy atom. The minimum atomic E-state index is -3.18. The molecule has 0 atom stereocenters. The number of nitrogens with zero attached hydrogens (tertiary/aromatic N) is 2. The summed E-state index contributed by atoms with van der Waals surface area (Å²) in [6.45, 7) is 0. The molecule has 1 aromatic heterocycles. The highest BCUT2D eigenvalue weighted by atomic mass is 32.2. The van der Waals surface area contributed by atoms with Gasteiger partial charge in [-0.15, -0.1) is 0 Å². The lowest BCUT2D eigenvalue weighted by atomic mass is 9.86. The fourth-order valence-electron chi connectivity index (χ4n) is 4.13. The molecule has 0 radical (unpaired) electrons. The molecule has 2 heterocycles. The minimum Gasteiger partial charge on any atom is -0.310 e. The third kappa shape index (κ3) is 4.08. The first kappa shape index (κ1) is 18.2. The highest BCUT2D eigenvalue weighted by Crippen LogP contribution is 2.33. The van der Waals surface area contributed by atoms with Crippen molar-refractivity contribution < 1.29 is 13.2 Å². The van der Waals surface area contributed by atoms with Gasteiger partial charge in [0.25, 0.3) is 0 Å². The number of para-hydroxylation sites is 1. The van der Waals surface area contributed by atoms with Crippen LogP contribution in [0.15, 0.2) is 30.3 Å². The van der Waals surface area contributed by atoms with E-state index in [0.29, 0.717) is 29.4 Å². The summed E-state index contributed by atoms with van der Waals surface area (Å²) in [7, 11) is -3.18. The summed E-state index contributed by atoms with van der Waals surface area (Å²) in [5, 5.41) is 7.45. The van der Waals surface area contributed by atoms with E-state index in [-0.39, 0.29) is 17.4 Å². The van der Waals surface area contributed by atoms with Gasteiger partial charge in [0, 0.05) is 12.0 Å². The van der Waals surface area contributed by atoms with Crippen molar-refractivity contribution in [2.45, 2.75) is 56.5 Å². The number of amides is 1. The van der Waals surface area contributed by atoms with Gasteiger partial charge in [-0.05, 0) is 24.5 Å². The van der Waals surface area contributed by atoms with Crippen LogP contribution in [-0.4, -0.2) is 24.1 Å². The summed E-state index contributed by atoms with van der Waals surface area (Å²) in [5.74, 6) is 0.950. The van der Waals surface area contributed by atoms with Crippen molar-refractivity contribution in [3.8, 4) is 5.69 Å². The number of carbonyl (C=O) groups is 1. The quantitative estimate of drug-likeness (QED) is 0.850. The highest BCUT2D eigenvalue weighted by Gasteiger charge is 2.33. The van der Waals surface area contributed by atoms with Crippen LogP contribution < -0.4 is 5.32 Å². The predicted molar refractivity (Wildman–Crippen MR) is 104 cm³/mol. The lowest BCUT2D eigenvalue weighted by molar-refractivity contribution is -0.116. The first-order chi connectivity index (χ1) is 13.0. The number of hydrogen-bond donors (Lipinski definition) is 1. The molecule has 0 saturated heterocycles. The first-order valence-corrected chi connectivity index (χ1v) is 11.5. The smallest absolute Gasteiger partial charge is 0.225 e. The van der Waals surface area contributed by atoms with Crippen molar-refractivity contribution in [1.82, 2.24) is 9.78 Å². The molecule has 1 amide bonds. The monoisotopic (exact) mass is 387 g/mol. The topological polar surface area (TPSA) is 81.1 Å². The number of nitrogens with one attached hydrogen (secondary N) is 1. The maximum Gasteiger partial charge on any atom is 0.225 e. The van der Waals surface area contributed by atoms with E-state index in [9.17, 15) is 13.2 Å². The number of anilines is 1. The van der Waals surface area contributed by atoms with Crippen molar-refractivity contribution in [2.75, 3.05) is 5.32 Å². The zero-order valence-electron chi connectivity index (χ0n) is 15.4. The normalized spacial score (nSPS) is 19.0. The van der Waals surface area contributed by atoms with Gasteiger partial charge in [0.15, 0.2) is 9.84 Å². The second-order valence-electron chi connectivity index (χ2n) is 7.64. The van der Waals surface area contributed by atoms with Crippen molar-refractivity contribution >= 4 is 21.6 Å². The molecule has 144 valence electrons. The molecule has 7 heteroatoms. The van der Waals surface area contributed by atoms with E-state index < -0.39 is 9.84 Å². The Morgan fingerprint density at radius 3 is 2.59 bits per heavy atom. The predicted octanol–water partition coefficient (Wildman–Crippen LogP) is 3.60. The number of fused-ring (bicyclic) bond motifs is 1. The molecule has 2 aliphatic rings. The molecular weight excluding hydrogens is 362 g/mol. The molecule has 27 heavy (non-hydrogen) atoms. The summed E-state index contributed by atoms with van der Waals surface area (Å²) in [6, 6.07) is 9.50. The number of hydrogen-bond acceptors (Lipinski definition) is 4. The summed E-state index contributed by atoms with van der Waals surface area (Å²) < 4.78 is 25.7. The number of carbonyl (C=O) groups excluding carboxylic acids is 1. The van der Waals surface area contributed by atoms with Crippen LogP contribution in [0.5, 0.6) is 0 Å². The summed E-state index contributed by atoms with van der Waals surface area (Å²) in [4.78, 5) is 12.6. The van der Waals surface area contributed by atoms with Gasteiger partial charge in [-0.3, -0.25) is 4.79 Å². The maximum atomic E-state index is 12.6. The molecule has 1 aliphatic heterocycles. The van der Waals surface area contributed by atoms with Crippen LogP contribution in [0, 0.1) is 5.92 Å². The fraction of sp³-hybridized carbons (Fsp3) is 0.500. The Kier molecular flexibility index (Phi) is 5.04. The van der Waals surface area contributed by atoms with E-state index in [1.807, 2.05) is 30.3 Å².